The second-order valence-electron chi connectivity index (χ2n) is 7.69. The highest BCUT2D eigenvalue weighted by molar-refractivity contribution is 5.82. The molecule has 1 aromatic carbocycles. The molecule has 0 bridgehead atoms. The lowest BCUT2D eigenvalue weighted by molar-refractivity contribution is -0.144. The van der Waals surface area contributed by atoms with Crippen molar-refractivity contribution in [1.29, 1.82) is 0 Å². The Balaban J connectivity index is 1.30. The fourth-order valence-corrected chi connectivity index (χ4v) is 4.32. The van der Waals surface area contributed by atoms with E-state index in [1.54, 1.807) is 4.90 Å². The summed E-state index contributed by atoms with van der Waals surface area (Å²) in [4.78, 5) is 29.0. The van der Waals surface area contributed by atoms with Crippen LogP contribution in [0, 0.1) is 5.92 Å². The van der Waals surface area contributed by atoms with Gasteiger partial charge in [-0.05, 0) is 55.4 Å². The number of carbonyl (C=O) groups is 2. The molecule has 1 atom stereocenters. The quantitative estimate of drug-likeness (QED) is 0.806. The maximum Gasteiger partial charge on any atom is 0.260 e. The van der Waals surface area contributed by atoms with Crippen molar-refractivity contribution >= 4 is 11.8 Å². The number of hydrogen-bond acceptors (Lipinski definition) is 4. The maximum absolute atomic E-state index is 12.7. The Morgan fingerprint density at radius 3 is 2.70 bits per heavy atom. The number of aryl methyl sites for hydroxylation is 2. The van der Waals surface area contributed by atoms with Gasteiger partial charge >= 0.3 is 0 Å². The van der Waals surface area contributed by atoms with Crippen molar-refractivity contribution in [2.45, 2.75) is 32.1 Å². The van der Waals surface area contributed by atoms with E-state index in [1.807, 2.05) is 11.0 Å². The van der Waals surface area contributed by atoms with Crippen LogP contribution >= 0.6 is 0 Å². The second-order valence-corrected chi connectivity index (χ2v) is 7.69. The molecular weight excluding hydrogens is 344 g/mol. The van der Waals surface area contributed by atoms with Gasteiger partial charge in [0.2, 0.25) is 5.91 Å². The number of amides is 2. The number of benzene rings is 1. The third kappa shape index (κ3) is 4.26. The van der Waals surface area contributed by atoms with E-state index in [0.29, 0.717) is 39.4 Å². The van der Waals surface area contributed by atoms with Crippen LogP contribution in [-0.2, 0) is 27.2 Å². The van der Waals surface area contributed by atoms with Crippen molar-refractivity contribution in [2.24, 2.45) is 5.92 Å². The summed E-state index contributed by atoms with van der Waals surface area (Å²) in [6, 6.07) is 6.13. The third-order valence-corrected chi connectivity index (χ3v) is 5.88. The van der Waals surface area contributed by atoms with Gasteiger partial charge < -0.3 is 19.3 Å². The molecule has 3 aliphatic rings. The van der Waals surface area contributed by atoms with Crippen molar-refractivity contribution in [3.63, 3.8) is 0 Å². The molecule has 0 unspecified atom stereocenters. The lowest BCUT2D eigenvalue weighted by Crippen LogP contribution is -2.50. The fraction of sp³-hybridized carbons (Fsp3) is 0.619. The Kier molecular flexibility index (Phi) is 5.62. The van der Waals surface area contributed by atoms with E-state index in [9.17, 15) is 9.59 Å². The molecule has 0 spiro atoms. The van der Waals surface area contributed by atoms with Crippen LogP contribution in [0.4, 0.5) is 0 Å². The Morgan fingerprint density at radius 2 is 1.85 bits per heavy atom. The van der Waals surface area contributed by atoms with Crippen molar-refractivity contribution in [3.05, 3.63) is 29.3 Å². The molecular formula is C21H28N2O4. The number of rotatable bonds is 4. The van der Waals surface area contributed by atoms with E-state index in [0.717, 1.165) is 31.4 Å². The van der Waals surface area contributed by atoms with Gasteiger partial charge in [0.15, 0.2) is 6.61 Å². The Hall–Kier alpha value is -2.08. The molecule has 1 aliphatic carbocycles. The number of fused-ring (bicyclic) bond motifs is 1. The largest absolute Gasteiger partial charge is 0.484 e. The molecule has 4 rings (SSSR count). The number of piperidine rings is 1. The predicted octanol–water partition coefficient (Wildman–Crippen LogP) is 1.65. The molecule has 2 amide bonds. The van der Waals surface area contributed by atoms with Crippen molar-refractivity contribution in [3.8, 4) is 5.75 Å². The molecule has 146 valence electrons. The number of nitrogens with zero attached hydrogens (tertiary/aromatic N) is 2. The minimum Gasteiger partial charge on any atom is -0.484 e. The summed E-state index contributed by atoms with van der Waals surface area (Å²) in [6.07, 6.45) is 5.15. The SMILES string of the molecule is O=C(COc1ccc2c(c1)CCC2)N1CCC[C@@H](C(=O)N2CCOCC2)C1. The van der Waals surface area contributed by atoms with Crippen LogP contribution in [0.25, 0.3) is 0 Å². The van der Waals surface area contributed by atoms with Gasteiger partial charge in [-0.2, -0.15) is 0 Å². The number of morpholine rings is 1. The first kappa shape index (κ1) is 18.3. The molecule has 6 nitrogen and oxygen atoms in total. The minimum absolute atomic E-state index is 0.0324. The van der Waals surface area contributed by atoms with Gasteiger partial charge in [0.25, 0.3) is 5.91 Å². The van der Waals surface area contributed by atoms with Gasteiger partial charge in [0.1, 0.15) is 5.75 Å². The molecule has 0 aromatic heterocycles. The summed E-state index contributed by atoms with van der Waals surface area (Å²) >= 11 is 0. The minimum atomic E-state index is -0.0965. The highest BCUT2D eigenvalue weighted by Gasteiger charge is 2.32. The van der Waals surface area contributed by atoms with Gasteiger partial charge in [-0.3, -0.25) is 9.59 Å². The van der Waals surface area contributed by atoms with Crippen LogP contribution in [0.3, 0.4) is 0 Å². The Labute approximate surface area is 160 Å². The lowest BCUT2D eigenvalue weighted by atomic mass is 9.96. The number of likely N-dealkylation sites (tertiary alicyclic amines) is 1. The third-order valence-electron chi connectivity index (χ3n) is 5.88. The van der Waals surface area contributed by atoms with Gasteiger partial charge in [-0.15, -0.1) is 0 Å². The van der Waals surface area contributed by atoms with Crippen LogP contribution in [0.15, 0.2) is 18.2 Å². The summed E-state index contributed by atoms with van der Waals surface area (Å²) < 4.78 is 11.1. The van der Waals surface area contributed by atoms with E-state index >= 15 is 0 Å². The van der Waals surface area contributed by atoms with Gasteiger partial charge in [-0.25, -0.2) is 0 Å². The zero-order valence-electron chi connectivity index (χ0n) is 15.8. The molecule has 27 heavy (non-hydrogen) atoms. The highest BCUT2D eigenvalue weighted by Crippen LogP contribution is 2.26. The standard InChI is InChI=1S/C21H28N2O4/c24-20(15-27-19-7-6-16-3-1-4-17(16)13-19)23-8-2-5-18(14-23)21(25)22-9-11-26-12-10-22/h6-7,13,18H,1-5,8-12,14-15H2/t18-/m1/s1. The van der Waals surface area contributed by atoms with E-state index < -0.39 is 0 Å². The Bertz CT molecular complexity index is 699. The number of hydrogen-bond donors (Lipinski definition) is 0. The average Bonchev–Trinajstić information content (AvgIpc) is 3.20. The zero-order chi connectivity index (χ0) is 18.6. The predicted molar refractivity (Wildman–Crippen MR) is 101 cm³/mol. The first-order valence-corrected chi connectivity index (χ1v) is 10.1. The topological polar surface area (TPSA) is 59.1 Å². The summed E-state index contributed by atoms with van der Waals surface area (Å²) in [7, 11) is 0. The van der Waals surface area contributed by atoms with Gasteiger partial charge in [0, 0.05) is 26.2 Å². The molecule has 0 saturated carbocycles. The van der Waals surface area contributed by atoms with Gasteiger partial charge in [0.05, 0.1) is 19.1 Å². The summed E-state index contributed by atoms with van der Waals surface area (Å²) in [6.45, 7) is 3.78. The van der Waals surface area contributed by atoms with E-state index in [1.165, 1.54) is 17.5 Å². The summed E-state index contributed by atoms with van der Waals surface area (Å²) in [5.74, 6) is 0.799. The van der Waals surface area contributed by atoms with E-state index in [2.05, 4.69) is 12.1 Å². The maximum atomic E-state index is 12.7. The Morgan fingerprint density at radius 1 is 1.04 bits per heavy atom. The van der Waals surface area contributed by atoms with Crippen molar-refractivity contribution in [1.82, 2.24) is 9.80 Å². The molecule has 6 heteroatoms. The molecule has 0 radical (unpaired) electrons. The van der Waals surface area contributed by atoms with E-state index in [4.69, 9.17) is 9.47 Å². The first-order valence-electron chi connectivity index (χ1n) is 10.1. The smallest absolute Gasteiger partial charge is 0.260 e. The normalized spacial score (nSPS) is 22.4. The second kappa shape index (κ2) is 8.30. The molecule has 1 aromatic rings. The molecule has 2 fully saturated rings. The van der Waals surface area contributed by atoms with Crippen molar-refractivity contribution < 1.29 is 19.1 Å². The monoisotopic (exact) mass is 372 g/mol. The number of ether oxygens (including phenoxy) is 2. The highest BCUT2D eigenvalue weighted by atomic mass is 16.5. The van der Waals surface area contributed by atoms with Crippen LogP contribution in [0.1, 0.15) is 30.4 Å². The van der Waals surface area contributed by atoms with Gasteiger partial charge in [-0.1, -0.05) is 6.07 Å². The summed E-state index contributed by atoms with van der Waals surface area (Å²) in [5.41, 5.74) is 2.74. The lowest BCUT2D eigenvalue weighted by Gasteiger charge is -2.36. The molecule has 2 aliphatic heterocycles. The van der Waals surface area contributed by atoms with E-state index in [-0.39, 0.29) is 24.3 Å². The van der Waals surface area contributed by atoms with Crippen LogP contribution in [-0.4, -0.2) is 67.6 Å². The molecule has 2 heterocycles. The van der Waals surface area contributed by atoms with Crippen LogP contribution < -0.4 is 4.74 Å². The zero-order valence-corrected chi connectivity index (χ0v) is 15.8. The average molecular weight is 372 g/mol. The first-order chi connectivity index (χ1) is 13.2. The van der Waals surface area contributed by atoms with Crippen LogP contribution in [0.5, 0.6) is 5.75 Å². The van der Waals surface area contributed by atoms with Crippen LogP contribution in [0.2, 0.25) is 0 Å². The van der Waals surface area contributed by atoms with Crippen molar-refractivity contribution in [2.75, 3.05) is 46.0 Å². The fourth-order valence-electron chi connectivity index (χ4n) is 4.32. The molecule has 2 saturated heterocycles. The number of carbonyl (C=O) groups excluding carboxylic acids is 2. The molecule has 0 N–H and O–H groups in total. The summed E-state index contributed by atoms with van der Waals surface area (Å²) in [5, 5.41) is 0.